The van der Waals surface area contributed by atoms with E-state index in [-0.39, 0.29) is 24.2 Å². The van der Waals surface area contributed by atoms with Crippen LogP contribution in [-0.2, 0) is 52.2 Å². The van der Waals surface area contributed by atoms with Gasteiger partial charge in [0.05, 0.1) is 44.6 Å². The van der Waals surface area contributed by atoms with Gasteiger partial charge in [-0.1, -0.05) is 19.9 Å². The number of ether oxygens (including phenoxy) is 10. The van der Waals surface area contributed by atoms with Crippen molar-refractivity contribution in [2.45, 2.75) is 218 Å². The number of fused-ring (bicyclic) bond motifs is 3. The van der Waals surface area contributed by atoms with Crippen LogP contribution < -0.4 is 0 Å². The van der Waals surface area contributed by atoms with Crippen LogP contribution in [0.2, 0.25) is 0 Å². The van der Waals surface area contributed by atoms with E-state index in [1.54, 1.807) is 6.92 Å². The summed E-state index contributed by atoms with van der Waals surface area (Å²) in [6.45, 7) is 4.27. The fraction of sp³-hybridized carbons (Fsp3) is 0.938. The van der Waals surface area contributed by atoms with Crippen LogP contribution in [0.3, 0.4) is 0 Å². The summed E-state index contributed by atoms with van der Waals surface area (Å²) in [5, 5.41) is 179. The molecular formula is C48H78O28. The highest BCUT2D eigenvalue weighted by Gasteiger charge is 2.62. The predicted molar refractivity (Wildman–Crippen MR) is 245 cm³/mol. The molecule has 0 aromatic rings. The fourth-order valence-corrected chi connectivity index (χ4v) is 13.2. The Morgan fingerprint density at radius 1 is 0.526 bits per heavy atom. The van der Waals surface area contributed by atoms with Crippen LogP contribution in [0.5, 0.6) is 0 Å². The predicted octanol–water partition coefficient (Wildman–Crippen LogP) is -7.82. The second kappa shape index (κ2) is 24.3. The van der Waals surface area contributed by atoms with Crippen molar-refractivity contribution in [3.8, 4) is 0 Å². The molecule has 3 saturated carbocycles. The van der Waals surface area contributed by atoms with Crippen molar-refractivity contribution >= 4 is 5.97 Å². The first-order valence-electron chi connectivity index (χ1n) is 26.0. The highest BCUT2D eigenvalue weighted by Crippen LogP contribution is 2.65. The SMILES string of the molecule is C=C1CC2CCC3[C@](C)(C(=O)OC4OC(CO)C(O)C(O)C4OC4OC(CO)C(O)C(O)C4O)CCC[C@@]3(C)[C@@H]2CC1OC1OC(COC2OC(CO)C(O)C(O)C2O)C(O)C(O)C1OC1OC(CO)C(O)C(O)C1O. The first-order chi connectivity index (χ1) is 35.9. The molecule has 8 aliphatic rings. The summed E-state index contributed by atoms with van der Waals surface area (Å²) in [6.07, 6.45) is -41.3. The van der Waals surface area contributed by atoms with Gasteiger partial charge in [0.15, 0.2) is 31.3 Å². The van der Waals surface area contributed by atoms with Crippen molar-refractivity contribution in [3.63, 3.8) is 0 Å². The molecule has 0 aromatic carbocycles. The Labute approximate surface area is 436 Å². The van der Waals surface area contributed by atoms with Gasteiger partial charge >= 0.3 is 5.97 Å². The van der Waals surface area contributed by atoms with E-state index < -0.39 is 209 Å². The van der Waals surface area contributed by atoms with Gasteiger partial charge in [-0.25, -0.2) is 0 Å². The first kappa shape index (κ1) is 60.3. The Morgan fingerprint density at radius 3 is 1.47 bits per heavy atom. The summed E-state index contributed by atoms with van der Waals surface area (Å²) < 4.78 is 58.8. The molecule has 5 heterocycles. The average Bonchev–Trinajstić information content (AvgIpc) is 3.41. The molecule has 28 unspecified atom stereocenters. The van der Waals surface area contributed by atoms with Crippen molar-refractivity contribution in [1.29, 1.82) is 0 Å². The van der Waals surface area contributed by atoms with Crippen LogP contribution in [-0.4, -0.2) is 285 Å². The summed E-state index contributed by atoms with van der Waals surface area (Å²) in [5.74, 6) is -1.35. The van der Waals surface area contributed by atoms with Gasteiger partial charge in [-0.2, -0.15) is 0 Å². The molecule has 31 atom stereocenters. The van der Waals surface area contributed by atoms with Gasteiger partial charge in [-0.05, 0) is 74.2 Å². The zero-order valence-electron chi connectivity index (χ0n) is 42.0. The summed E-state index contributed by atoms with van der Waals surface area (Å²) >= 11 is 0. The molecule has 0 bridgehead atoms. The zero-order chi connectivity index (χ0) is 55.5. The first-order valence-corrected chi connectivity index (χ1v) is 26.0. The van der Waals surface area contributed by atoms with Crippen molar-refractivity contribution in [1.82, 2.24) is 0 Å². The molecule has 17 N–H and O–H groups in total. The number of aliphatic hydroxyl groups is 17. The van der Waals surface area contributed by atoms with Crippen LogP contribution in [0.15, 0.2) is 12.2 Å². The van der Waals surface area contributed by atoms with Gasteiger partial charge in [-0.15, -0.1) is 0 Å². The van der Waals surface area contributed by atoms with E-state index in [9.17, 15) is 91.6 Å². The summed E-state index contributed by atoms with van der Waals surface area (Å²) in [6, 6.07) is 0. The van der Waals surface area contributed by atoms with Crippen molar-refractivity contribution in [3.05, 3.63) is 12.2 Å². The Balaban J connectivity index is 1.02. The van der Waals surface area contributed by atoms with Gasteiger partial charge in [0.2, 0.25) is 6.29 Å². The van der Waals surface area contributed by atoms with E-state index in [0.717, 1.165) is 0 Å². The molecule has 3 aliphatic carbocycles. The maximum Gasteiger partial charge on any atom is 0.314 e. The second-order valence-electron chi connectivity index (χ2n) is 22.3. The van der Waals surface area contributed by atoms with Crippen molar-refractivity contribution in [2.24, 2.45) is 28.6 Å². The third-order valence-electron chi connectivity index (χ3n) is 17.7. The lowest BCUT2D eigenvalue weighted by molar-refractivity contribution is -0.376. The number of carbonyl (C=O) groups is 1. The van der Waals surface area contributed by atoms with Crippen LogP contribution in [0.25, 0.3) is 0 Å². The van der Waals surface area contributed by atoms with Gasteiger partial charge in [0.1, 0.15) is 116 Å². The third-order valence-corrected chi connectivity index (χ3v) is 17.7. The van der Waals surface area contributed by atoms with Crippen LogP contribution in [0, 0.1) is 28.6 Å². The highest BCUT2D eigenvalue weighted by atomic mass is 16.8. The van der Waals surface area contributed by atoms with Crippen LogP contribution in [0.4, 0.5) is 0 Å². The van der Waals surface area contributed by atoms with E-state index in [4.69, 9.17) is 47.4 Å². The Morgan fingerprint density at radius 2 is 0.961 bits per heavy atom. The number of hydrogen-bond donors (Lipinski definition) is 17. The van der Waals surface area contributed by atoms with Gasteiger partial charge in [0, 0.05) is 0 Å². The molecule has 438 valence electrons. The van der Waals surface area contributed by atoms with Crippen molar-refractivity contribution < 1.29 is 139 Å². The van der Waals surface area contributed by atoms with Gasteiger partial charge in [0.25, 0.3) is 0 Å². The van der Waals surface area contributed by atoms with Crippen LogP contribution >= 0.6 is 0 Å². The van der Waals surface area contributed by atoms with Gasteiger partial charge in [-0.3, -0.25) is 4.79 Å². The van der Waals surface area contributed by atoms with Gasteiger partial charge < -0.3 is 134 Å². The molecule has 0 aromatic heterocycles. The summed E-state index contributed by atoms with van der Waals surface area (Å²) in [7, 11) is 0. The van der Waals surface area contributed by atoms with E-state index in [1.165, 1.54) is 0 Å². The summed E-state index contributed by atoms with van der Waals surface area (Å²) in [4.78, 5) is 14.8. The molecule has 28 heteroatoms. The molecular weight excluding hydrogens is 1020 g/mol. The second-order valence-corrected chi connectivity index (χ2v) is 22.3. The number of esters is 1. The molecule has 0 radical (unpaired) electrons. The maximum absolute atomic E-state index is 14.8. The Hall–Kier alpha value is -1.83. The minimum atomic E-state index is -1.95. The Kier molecular flexibility index (Phi) is 19.3. The van der Waals surface area contributed by atoms with Crippen molar-refractivity contribution in [2.75, 3.05) is 33.0 Å². The molecule has 5 aliphatic heterocycles. The number of aliphatic hydroxyl groups excluding tert-OH is 17. The fourth-order valence-electron chi connectivity index (χ4n) is 13.2. The number of carbonyl (C=O) groups excluding carboxylic acids is 1. The Bertz CT molecular complexity index is 1930. The third kappa shape index (κ3) is 11.3. The van der Waals surface area contributed by atoms with Crippen LogP contribution in [0.1, 0.15) is 58.8 Å². The minimum absolute atomic E-state index is 0.0208. The lowest BCUT2D eigenvalue weighted by Gasteiger charge is -2.61. The molecule has 5 saturated heterocycles. The molecule has 8 rings (SSSR count). The van der Waals surface area contributed by atoms with E-state index >= 15 is 0 Å². The number of rotatable bonds is 15. The minimum Gasteiger partial charge on any atom is -0.432 e. The zero-order valence-corrected chi connectivity index (χ0v) is 42.0. The molecule has 0 spiro atoms. The molecule has 76 heavy (non-hydrogen) atoms. The molecule has 28 nitrogen and oxygen atoms in total. The van der Waals surface area contributed by atoms with E-state index in [1.807, 2.05) is 0 Å². The molecule has 0 amide bonds. The quantitative estimate of drug-likeness (QED) is 0.0411. The lowest BCUT2D eigenvalue weighted by Crippen LogP contribution is -2.65. The normalized spacial score (nSPS) is 53.1. The monoisotopic (exact) mass is 1100 g/mol. The lowest BCUT2D eigenvalue weighted by atomic mass is 9.44. The number of hydrogen-bond acceptors (Lipinski definition) is 28. The molecule has 8 fully saturated rings. The smallest absolute Gasteiger partial charge is 0.314 e. The maximum atomic E-state index is 14.8. The van der Waals surface area contributed by atoms with E-state index in [2.05, 4.69) is 13.5 Å². The summed E-state index contributed by atoms with van der Waals surface area (Å²) in [5.41, 5.74) is -1.27. The topological polar surface area (TPSA) is 453 Å². The highest BCUT2D eigenvalue weighted by molar-refractivity contribution is 5.77. The standard InChI is InChI=1S/C48H78O28/c1-16-9-17-5-6-25-47(2,7-4-8-48(25,3)46(66)76-45-40(34(61)29(56)23(14-52)72-45)75-43-38(65)33(60)28(55)22(13-51)71-43)18(17)10-19(16)68-44-39(74-42-37(64)32(59)27(54)21(12-50)70-42)35(62)30(57)24(73-44)15-67-41-36(63)31(58)26(53)20(11-49)69-41/h17-45,49-65H,1,4-15H2,2-3H3/t17?,18-,19?,20?,21?,22?,23?,24?,25?,26?,27?,28?,29?,30?,31?,32?,33?,34?,35?,36?,37?,38?,39?,40?,41?,42?,43?,44?,45?,47+,48-/m1/s1. The largest absolute Gasteiger partial charge is 0.432 e. The van der Waals surface area contributed by atoms with E-state index in [0.29, 0.717) is 44.1 Å². The average molecular weight is 1100 g/mol.